The molecule has 0 saturated heterocycles. The van der Waals surface area contributed by atoms with E-state index in [-0.39, 0.29) is 0 Å². The van der Waals surface area contributed by atoms with Crippen LogP contribution in [0, 0.1) is 0 Å². The number of fused-ring (bicyclic) bond motifs is 1. The van der Waals surface area contributed by atoms with Gasteiger partial charge in [0.1, 0.15) is 17.1 Å². The van der Waals surface area contributed by atoms with Crippen molar-refractivity contribution in [1.82, 2.24) is 9.97 Å². The first-order valence-electron chi connectivity index (χ1n) is 8.78. The lowest BCUT2D eigenvalue weighted by atomic mass is 10.0. The molecule has 144 valence electrons. The molecule has 0 aliphatic rings. The van der Waals surface area contributed by atoms with Crippen molar-refractivity contribution < 1.29 is 14.3 Å². The molecule has 4 N–H and O–H groups in total. The van der Waals surface area contributed by atoms with Gasteiger partial charge in [0, 0.05) is 22.7 Å². The molecule has 0 radical (unpaired) electrons. The van der Waals surface area contributed by atoms with E-state index >= 15 is 0 Å². The van der Waals surface area contributed by atoms with Crippen molar-refractivity contribution in [1.29, 1.82) is 0 Å². The quantitative estimate of drug-likeness (QED) is 0.597. The number of carbonyl (C=O) groups excluding carboxylic acids is 2. The van der Waals surface area contributed by atoms with Crippen molar-refractivity contribution in [2.24, 2.45) is 5.73 Å². The number of pyridine rings is 1. The largest absolute Gasteiger partial charge is 0.444 e. The summed E-state index contributed by atoms with van der Waals surface area (Å²) in [7, 11) is 0. The summed E-state index contributed by atoms with van der Waals surface area (Å²) >= 11 is 0. The zero-order valence-electron chi connectivity index (χ0n) is 15.9. The van der Waals surface area contributed by atoms with Crippen molar-refractivity contribution in [3.05, 3.63) is 59.8 Å². The molecule has 2 aromatic heterocycles. The number of nitrogens with one attached hydrogen (secondary N) is 2. The third-order valence-corrected chi connectivity index (χ3v) is 3.85. The van der Waals surface area contributed by atoms with Crippen LogP contribution < -0.4 is 11.1 Å². The molecule has 0 spiro atoms. The molecular weight excluding hydrogens is 356 g/mol. The number of ether oxygens (including phenoxy) is 1. The Morgan fingerprint density at radius 2 is 1.86 bits per heavy atom. The molecule has 0 aliphatic carbocycles. The van der Waals surface area contributed by atoms with Crippen LogP contribution in [0.15, 0.2) is 48.7 Å². The van der Waals surface area contributed by atoms with E-state index in [0.717, 1.165) is 16.5 Å². The summed E-state index contributed by atoms with van der Waals surface area (Å²) in [5, 5.41) is 3.40. The minimum absolute atomic E-state index is 0.359. The van der Waals surface area contributed by atoms with Gasteiger partial charge in [-0.25, -0.2) is 9.78 Å². The highest BCUT2D eigenvalue weighted by Gasteiger charge is 2.17. The summed E-state index contributed by atoms with van der Waals surface area (Å²) in [6.45, 7) is 5.36. The molecule has 0 unspecified atom stereocenters. The van der Waals surface area contributed by atoms with Crippen LogP contribution in [0.3, 0.4) is 0 Å². The Hall–Kier alpha value is -3.61. The zero-order chi connectivity index (χ0) is 20.3. The third kappa shape index (κ3) is 4.56. The molecule has 0 atom stereocenters. The molecule has 7 nitrogen and oxygen atoms in total. The monoisotopic (exact) mass is 378 g/mol. The summed E-state index contributed by atoms with van der Waals surface area (Å²) in [6, 6.07) is 12.7. The van der Waals surface area contributed by atoms with Gasteiger partial charge >= 0.3 is 6.09 Å². The van der Waals surface area contributed by atoms with Crippen LogP contribution in [-0.4, -0.2) is 27.6 Å². The van der Waals surface area contributed by atoms with E-state index in [4.69, 9.17) is 10.5 Å². The maximum absolute atomic E-state index is 11.9. The Morgan fingerprint density at radius 1 is 1.14 bits per heavy atom. The summed E-state index contributed by atoms with van der Waals surface area (Å²) in [6.07, 6.45) is 2.88. The minimum Gasteiger partial charge on any atom is -0.444 e. The Bertz CT molecular complexity index is 1050. The van der Waals surface area contributed by atoms with Gasteiger partial charge in [0.25, 0.3) is 0 Å². The normalized spacial score (nSPS) is 12.0. The molecule has 7 heteroatoms. The molecule has 0 bridgehead atoms. The SMILES string of the molecule is CC(C)(C)OC(=O)Nc1ccc2c(/C=C(\C(N)=O)c3ccccc3)c[nH]c2n1. The Kier molecular flexibility index (Phi) is 5.17. The number of carbonyl (C=O) groups is 2. The molecule has 0 fully saturated rings. The van der Waals surface area contributed by atoms with E-state index in [1.807, 2.05) is 30.3 Å². The fourth-order valence-corrected chi connectivity index (χ4v) is 2.69. The Labute approximate surface area is 162 Å². The number of benzene rings is 1. The first-order chi connectivity index (χ1) is 13.2. The van der Waals surface area contributed by atoms with Crippen LogP contribution in [0.4, 0.5) is 10.6 Å². The maximum Gasteiger partial charge on any atom is 0.413 e. The number of hydrogen-bond acceptors (Lipinski definition) is 4. The Morgan fingerprint density at radius 3 is 2.50 bits per heavy atom. The molecule has 0 saturated carbocycles. The molecule has 3 rings (SSSR count). The fraction of sp³-hybridized carbons (Fsp3) is 0.190. The van der Waals surface area contributed by atoms with Gasteiger partial charge in [0.05, 0.1) is 0 Å². The van der Waals surface area contributed by atoms with Crippen LogP contribution >= 0.6 is 0 Å². The van der Waals surface area contributed by atoms with Crippen molar-refractivity contribution in [3.8, 4) is 0 Å². The number of nitrogens with two attached hydrogens (primary N) is 1. The van der Waals surface area contributed by atoms with Gasteiger partial charge in [-0.3, -0.25) is 10.1 Å². The first-order valence-corrected chi connectivity index (χ1v) is 8.78. The van der Waals surface area contributed by atoms with Gasteiger partial charge in [0.15, 0.2) is 0 Å². The maximum atomic E-state index is 11.9. The van der Waals surface area contributed by atoms with Gasteiger partial charge < -0.3 is 15.5 Å². The number of H-pyrrole nitrogens is 1. The third-order valence-electron chi connectivity index (χ3n) is 3.85. The van der Waals surface area contributed by atoms with E-state index in [0.29, 0.717) is 17.0 Å². The van der Waals surface area contributed by atoms with Gasteiger partial charge in [-0.15, -0.1) is 0 Å². The van der Waals surface area contributed by atoms with E-state index in [1.165, 1.54) is 0 Å². The van der Waals surface area contributed by atoms with Crippen LogP contribution in [0.2, 0.25) is 0 Å². The van der Waals surface area contributed by atoms with Crippen LogP contribution in [0.5, 0.6) is 0 Å². The smallest absolute Gasteiger partial charge is 0.413 e. The zero-order valence-corrected chi connectivity index (χ0v) is 15.9. The second kappa shape index (κ2) is 7.56. The second-order valence-electron chi connectivity index (χ2n) is 7.25. The molecule has 1 aromatic carbocycles. The van der Waals surface area contributed by atoms with Crippen LogP contribution in [0.1, 0.15) is 31.9 Å². The van der Waals surface area contributed by atoms with E-state index in [1.54, 1.807) is 45.2 Å². The molecule has 0 aliphatic heterocycles. The lowest BCUT2D eigenvalue weighted by Gasteiger charge is -2.19. The highest BCUT2D eigenvalue weighted by Crippen LogP contribution is 2.24. The average molecular weight is 378 g/mol. The van der Waals surface area contributed by atoms with Crippen molar-refractivity contribution >= 4 is 40.5 Å². The summed E-state index contributed by atoms with van der Waals surface area (Å²) < 4.78 is 5.23. The van der Waals surface area contributed by atoms with Gasteiger partial charge in [-0.1, -0.05) is 30.3 Å². The number of rotatable bonds is 4. The number of anilines is 1. The standard InChI is InChI=1S/C21H22N4O3/c1-21(2,3)28-20(27)25-17-10-9-15-14(12-23-19(15)24-17)11-16(18(22)26)13-7-5-4-6-8-13/h4-12H,1-3H3,(H2,22,26)(H2,23,24,25,27)/b16-11-. The van der Waals surface area contributed by atoms with Gasteiger partial charge in [-0.2, -0.15) is 0 Å². The summed E-state index contributed by atoms with van der Waals surface area (Å²) in [4.78, 5) is 31.2. The average Bonchev–Trinajstić information content (AvgIpc) is 3.00. The predicted octanol–water partition coefficient (Wildman–Crippen LogP) is 3.94. The molecular formula is C21H22N4O3. The fourth-order valence-electron chi connectivity index (χ4n) is 2.69. The molecule has 2 amide bonds. The molecule has 3 aromatic rings. The topological polar surface area (TPSA) is 110 Å². The predicted molar refractivity (Wildman–Crippen MR) is 109 cm³/mol. The number of aromatic nitrogens is 2. The van der Waals surface area contributed by atoms with E-state index in [9.17, 15) is 9.59 Å². The lowest BCUT2D eigenvalue weighted by molar-refractivity contribution is -0.112. The highest BCUT2D eigenvalue weighted by molar-refractivity contribution is 6.24. The highest BCUT2D eigenvalue weighted by atomic mass is 16.6. The number of nitrogens with zero attached hydrogens (tertiary/aromatic N) is 1. The van der Waals surface area contributed by atoms with Gasteiger partial charge in [-0.05, 0) is 44.5 Å². The van der Waals surface area contributed by atoms with Crippen LogP contribution in [-0.2, 0) is 9.53 Å². The second-order valence-corrected chi connectivity index (χ2v) is 7.25. The number of hydrogen-bond donors (Lipinski definition) is 3. The molecule has 2 heterocycles. The Balaban J connectivity index is 1.90. The van der Waals surface area contributed by atoms with Crippen molar-refractivity contribution in [3.63, 3.8) is 0 Å². The number of primary amides is 1. The number of aromatic amines is 1. The van der Waals surface area contributed by atoms with Crippen molar-refractivity contribution in [2.45, 2.75) is 26.4 Å². The summed E-state index contributed by atoms with van der Waals surface area (Å²) in [5.41, 5.74) is 7.44. The van der Waals surface area contributed by atoms with Crippen LogP contribution in [0.25, 0.3) is 22.7 Å². The molecule has 28 heavy (non-hydrogen) atoms. The number of amides is 2. The minimum atomic E-state index is -0.596. The van der Waals surface area contributed by atoms with E-state index in [2.05, 4.69) is 15.3 Å². The lowest BCUT2D eigenvalue weighted by Crippen LogP contribution is -2.27. The van der Waals surface area contributed by atoms with E-state index < -0.39 is 17.6 Å². The van der Waals surface area contributed by atoms with Crippen molar-refractivity contribution in [2.75, 3.05) is 5.32 Å². The summed E-state index contributed by atoms with van der Waals surface area (Å²) in [5.74, 6) is -0.158. The van der Waals surface area contributed by atoms with Gasteiger partial charge in [0.2, 0.25) is 5.91 Å². The first kappa shape index (κ1) is 19.2.